The van der Waals surface area contributed by atoms with Gasteiger partial charge in [-0.15, -0.1) is 0 Å². The van der Waals surface area contributed by atoms with Crippen molar-refractivity contribution in [3.05, 3.63) is 34.6 Å². The minimum absolute atomic E-state index is 0.643. The number of nitrogens with zero attached hydrogens (tertiary/aromatic N) is 2. The Morgan fingerprint density at radius 3 is 2.85 bits per heavy atom. The van der Waals surface area contributed by atoms with Gasteiger partial charge in [0, 0.05) is 30.4 Å². The van der Waals surface area contributed by atoms with Crippen molar-refractivity contribution in [2.75, 3.05) is 26.1 Å². The topological polar surface area (TPSA) is 48.3 Å². The van der Waals surface area contributed by atoms with Gasteiger partial charge in [-0.2, -0.15) is 0 Å². The highest BCUT2D eigenvalue weighted by atomic mass is 79.9. The lowest BCUT2D eigenvalue weighted by molar-refractivity contribution is 0.188. The molecule has 1 heterocycles. The molecule has 0 bridgehead atoms. The Balaban J connectivity index is 2.25. The summed E-state index contributed by atoms with van der Waals surface area (Å²) >= 11 is 3.52. The third kappa shape index (κ3) is 3.52. The summed E-state index contributed by atoms with van der Waals surface area (Å²) in [6, 6.07) is 5.77. The molecule has 2 rings (SSSR count). The monoisotopic (exact) mass is 339 g/mol. The number of anilines is 2. The molecule has 0 spiro atoms. The van der Waals surface area contributed by atoms with E-state index in [2.05, 4.69) is 26.2 Å². The van der Waals surface area contributed by atoms with Gasteiger partial charge >= 0.3 is 0 Å². The van der Waals surface area contributed by atoms with Crippen LogP contribution in [0.25, 0.3) is 0 Å². The largest absolute Gasteiger partial charge is 0.497 e. The van der Waals surface area contributed by atoms with Gasteiger partial charge < -0.3 is 19.4 Å². The van der Waals surface area contributed by atoms with Crippen LogP contribution in [0.3, 0.4) is 0 Å². The molecule has 0 atom stereocenters. The molecular formula is C14H18BrN3O2. The van der Waals surface area contributed by atoms with Crippen LogP contribution in [0.2, 0.25) is 0 Å². The van der Waals surface area contributed by atoms with Crippen molar-refractivity contribution in [2.45, 2.75) is 13.5 Å². The standard InChI is InChI=1S/C14H18BrN3O2/c1-10-9-18(6-7-19-2)14(16-10)17-13-8-11(20-3)4-5-12(13)15/h4-5,8-9H,6-7H2,1-3H3,(H,16,17). The Labute approximate surface area is 127 Å². The molecule has 20 heavy (non-hydrogen) atoms. The maximum atomic E-state index is 5.24. The predicted molar refractivity (Wildman–Crippen MR) is 82.8 cm³/mol. The lowest BCUT2D eigenvalue weighted by Gasteiger charge is -2.11. The summed E-state index contributed by atoms with van der Waals surface area (Å²) in [6.45, 7) is 3.36. The van der Waals surface area contributed by atoms with Gasteiger partial charge in [0.15, 0.2) is 0 Å². The molecule has 2 aromatic rings. The second-order valence-electron chi connectivity index (χ2n) is 4.36. The summed E-state index contributed by atoms with van der Waals surface area (Å²) in [5.41, 5.74) is 1.87. The van der Waals surface area contributed by atoms with E-state index >= 15 is 0 Å². The fourth-order valence-corrected chi connectivity index (χ4v) is 2.20. The van der Waals surface area contributed by atoms with Crippen molar-refractivity contribution in [1.29, 1.82) is 0 Å². The molecule has 6 heteroatoms. The number of aromatic nitrogens is 2. The summed E-state index contributed by atoms with van der Waals surface area (Å²) in [7, 11) is 3.34. The zero-order valence-corrected chi connectivity index (χ0v) is 13.4. The number of aryl methyl sites for hydroxylation is 1. The summed E-state index contributed by atoms with van der Waals surface area (Å²) in [4.78, 5) is 4.49. The Morgan fingerprint density at radius 1 is 1.35 bits per heavy atom. The lowest BCUT2D eigenvalue weighted by Crippen LogP contribution is -2.07. The van der Waals surface area contributed by atoms with Crippen molar-refractivity contribution in [3.8, 4) is 5.75 Å². The van der Waals surface area contributed by atoms with Gasteiger partial charge in [0.05, 0.1) is 25.1 Å². The van der Waals surface area contributed by atoms with E-state index in [-0.39, 0.29) is 0 Å². The van der Waals surface area contributed by atoms with Crippen LogP contribution >= 0.6 is 15.9 Å². The summed E-state index contributed by atoms with van der Waals surface area (Å²) < 4.78 is 13.3. The number of benzene rings is 1. The number of rotatable bonds is 6. The van der Waals surface area contributed by atoms with Crippen LogP contribution in [-0.4, -0.2) is 30.4 Å². The molecule has 1 aromatic heterocycles. The van der Waals surface area contributed by atoms with E-state index in [0.717, 1.165) is 34.1 Å². The van der Waals surface area contributed by atoms with Crippen LogP contribution in [0.15, 0.2) is 28.9 Å². The van der Waals surface area contributed by atoms with Gasteiger partial charge in [-0.1, -0.05) is 0 Å². The van der Waals surface area contributed by atoms with Crippen LogP contribution in [0, 0.1) is 6.92 Å². The number of hydrogen-bond donors (Lipinski definition) is 1. The highest BCUT2D eigenvalue weighted by Crippen LogP contribution is 2.29. The van der Waals surface area contributed by atoms with E-state index < -0.39 is 0 Å². The minimum atomic E-state index is 0.643. The first-order valence-corrected chi connectivity index (χ1v) is 7.06. The second-order valence-corrected chi connectivity index (χ2v) is 5.22. The number of halogens is 1. The number of hydrogen-bond acceptors (Lipinski definition) is 4. The molecular weight excluding hydrogens is 322 g/mol. The predicted octanol–water partition coefficient (Wildman–Crippen LogP) is 3.35. The average Bonchev–Trinajstić information content (AvgIpc) is 2.79. The van der Waals surface area contributed by atoms with Crippen LogP contribution in [0.5, 0.6) is 5.75 Å². The molecule has 0 unspecified atom stereocenters. The van der Waals surface area contributed by atoms with Crippen molar-refractivity contribution in [2.24, 2.45) is 0 Å². The number of methoxy groups -OCH3 is 2. The van der Waals surface area contributed by atoms with Gasteiger partial charge in [0.25, 0.3) is 0 Å². The van der Waals surface area contributed by atoms with Crippen LogP contribution in [-0.2, 0) is 11.3 Å². The molecule has 1 N–H and O–H groups in total. The van der Waals surface area contributed by atoms with E-state index in [1.54, 1.807) is 14.2 Å². The molecule has 108 valence electrons. The average molecular weight is 340 g/mol. The zero-order valence-electron chi connectivity index (χ0n) is 11.8. The SMILES string of the molecule is COCCn1cc(C)nc1Nc1cc(OC)ccc1Br. The molecule has 1 aromatic carbocycles. The maximum Gasteiger partial charge on any atom is 0.207 e. The number of imidazole rings is 1. The summed E-state index contributed by atoms with van der Waals surface area (Å²) in [6.07, 6.45) is 2.00. The Bertz CT molecular complexity index is 584. The van der Waals surface area contributed by atoms with Gasteiger partial charge in [-0.25, -0.2) is 4.98 Å². The third-order valence-electron chi connectivity index (χ3n) is 2.85. The molecule has 0 saturated carbocycles. The molecule has 0 aliphatic heterocycles. The smallest absolute Gasteiger partial charge is 0.207 e. The second kappa shape index (κ2) is 6.76. The third-order valence-corrected chi connectivity index (χ3v) is 3.54. The van der Waals surface area contributed by atoms with E-state index in [1.165, 1.54) is 0 Å². The van der Waals surface area contributed by atoms with E-state index in [4.69, 9.17) is 9.47 Å². The minimum Gasteiger partial charge on any atom is -0.497 e. The summed E-state index contributed by atoms with van der Waals surface area (Å²) in [5.74, 6) is 1.58. The van der Waals surface area contributed by atoms with Crippen molar-refractivity contribution in [3.63, 3.8) is 0 Å². The van der Waals surface area contributed by atoms with Crippen LogP contribution < -0.4 is 10.1 Å². The molecule has 0 radical (unpaired) electrons. The Morgan fingerprint density at radius 2 is 2.15 bits per heavy atom. The van der Waals surface area contributed by atoms with Crippen molar-refractivity contribution < 1.29 is 9.47 Å². The quantitative estimate of drug-likeness (QED) is 0.876. The zero-order chi connectivity index (χ0) is 14.5. The fraction of sp³-hybridized carbons (Fsp3) is 0.357. The highest BCUT2D eigenvalue weighted by Gasteiger charge is 2.09. The Hall–Kier alpha value is -1.53. The first-order chi connectivity index (χ1) is 9.63. The normalized spacial score (nSPS) is 10.6. The highest BCUT2D eigenvalue weighted by molar-refractivity contribution is 9.10. The molecule has 5 nitrogen and oxygen atoms in total. The van der Waals surface area contributed by atoms with Gasteiger partial charge in [-0.3, -0.25) is 0 Å². The van der Waals surface area contributed by atoms with Gasteiger partial charge in [-0.05, 0) is 35.0 Å². The van der Waals surface area contributed by atoms with Crippen LogP contribution in [0.4, 0.5) is 11.6 Å². The van der Waals surface area contributed by atoms with E-state index in [0.29, 0.717) is 6.61 Å². The molecule has 0 aliphatic rings. The molecule has 0 fully saturated rings. The number of nitrogens with one attached hydrogen (secondary N) is 1. The van der Waals surface area contributed by atoms with Crippen LogP contribution in [0.1, 0.15) is 5.69 Å². The molecule has 0 saturated heterocycles. The first kappa shape index (κ1) is 14.9. The van der Waals surface area contributed by atoms with Gasteiger partial charge in [0.2, 0.25) is 5.95 Å². The molecule has 0 amide bonds. The van der Waals surface area contributed by atoms with E-state index in [9.17, 15) is 0 Å². The van der Waals surface area contributed by atoms with Crippen molar-refractivity contribution >= 4 is 27.6 Å². The Kier molecular flexibility index (Phi) is 5.03. The first-order valence-electron chi connectivity index (χ1n) is 6.27. The van der Waals surface area contributed by atoms with Gasteiger partial charge in [0.1, 0.15) is 5.75 Å². The lowest BCUT2D eigenvalue weighted by atomic mass is 10.3. The fourth-order valence-electron chi connectivity index (χ4n) is 1.85. The maximum absolute atomic E-state index is 5.24. The summed E-state index contributed by atoms with van der Waals surface area (Å²) in [5, 5.41) is 3.31. The number of ether oxygens (including phenoxy) is 2. The van der Waals surface area contributed by atoms with Crippen molar-refractivity contribution in [1.82, 2.24) is 9.55 Å². The molecule has 0 aliphatic carbocycles. The van der Waals surface area contributed by atoms with E-state index in [1.807, 2.05) is 35.9 Å².